The maximum atomic E-state index is 5.87. The Hall–Kier alpha value is -2.30. The van der Waals surface area contributed by atoms with E-state index in [9.17, 15) is 0 Å². The quantitative estimate of drug-likeness (QED) is 0.740. The number of imidazole rings is 1. The highest BCUT2D eigenvalue weighted by Crippen LogP contribution is 2.41. The van der Waals surface area contributed by atoms with Crippen molar-refractivity contribution in [3.63, 3.8) is 0 Å². The number of rotatable bonds is 3. The van der Waals surface area contributed by atoms with Crippen LogP contribution in [0.3, 0.4) is 0 Å². The fourth-order valence-corrected chi connectivity index (χ4v) is 2.72. The largest absolute Gasteiger partial charge is 0.399 e. The minimum absolute atomic E-state index is 0.611. The molecule has 0 saturated heterocycles. The van der Waals surface area contributed by atoms with E-state index in [0.29, 0.717) is 5.92 Å². The van der Waals surface area contributed by atoms with Crippen LogP contribution in [-0.4, -0.2) is 19.3 Å². The number of hydrogen-bond donors (Lipinski definition) is 1. The van der Waals surface area contributed by atoms with Crippen molar-refractivity contribution in [2.75, 3.05) is 5.73 Å². The van der Waals surface area contributed by atoms with Crippen LogP contribution in [-0.2, 0) is 13.6 Å². The Bertz CT molecular complexity index is 779. The molecule has 3 aromatic rings. The number of fused-ring (bicyclic) bond motifs is 1. The highest BCUT2D eigenvalue weighted by atomic mass is 15.2. The van der Waals surface area contributed by atoms with Gasteiger partial charge in [-0.05, 0) is 31.0 Å². The summed E-state index contributed by atoms with van der Waals surface area (Å²) in [4.78, 5) is 4.79. The maximum absolute atomic E-state index is 5.87. The third kappa shape index (κ3) is 1.86. The molecule has 1 fully saturated rings. The average Bonchev–Trinajstić information content (AvgIpc) is 3.10. The molecule has 5 heteroatoms. The van der Waals surface area contributed by atoms with E-state index in [4.69, 9.17) is 10.7 Å². The molecule has 2 heterocycles. The summed E-state index contributed by atoms with van der Waals surface area (Å²) in [5.74, 6) is 1.80. The van der Waals surface area contributed by atoms with E-state index >= 15 is 0 Å². The van der Waals surface area contributed by atoms with E-state index in [2.05, 4.69) is 21.9 Å². The molecule has 0 spiro atoms. The zero-order valence-electron chi connectivity index (χ0n) is 11.5. The molecule has 2 N–H and O–H groups in total. The highest BCUT2D eigenvalue weighted by Gasteiger charge is 2.29. The topological polar surface area (TPSA) is 61.7 Å². The molecule has 0 aliphatic heterocycles. The van der Waals surface area contributed by atoms with Crippen molar-refractivity contribution in [2.45, 2.75) is 25.3 Å². The van der Waals surface area contributed by atoms with Crippen molar-refractivity contribution < 1.29 is 0 Å². The number of hydrogen-bond acceptors (Lipinski definition) is 3. The minimum atomic E-state index is 0.611. The fraction of sp³-hybridized carbons (Fsp3) is 0.333. The first-order chi connectivity index (χ1) is 9.70. The van der Waals surface area contributed by atoms with Gasteiger partial charge in [0, 0.05) is 30.4 Å². The van der Waals surface area contributed by atoms with Crippen LogP contribution in [0.5, 0.6) is 0 Å². The smallest absolute Gasteiger partial charge is 0.113 e. The first-order valence-corrected chi connectivity index (χ1v) is 6.94. The van der Waals surface area contributed by atoms with Crippen molar-refractivity contribution in [1.82, 2.24) is 19.3 Å². The zero-order chi connectivity index (χ0) is 13.7. The number of nitrogens with zero attached hydrogens (tertiary/aromatic N) is 4. The molecule has 1 saturated carbocycles. The first kappa shape index (κ1) is 11.5. The Morgan fingerprint density at radius 3 is 2.90 bits per heavy atom. The standard InChI is InChI=1S/C15H17N5/c1-19-8-10(7-17-19)9-20-14-5-4-12(16)6-13(14)18-15(20)11-2-3-11/h4-8,11H,2-3,9,16H2,1H3. The first-order valence-electron chi connectivity index (χ1n) is 6.94. The average molecular weight is 267 g/mol. The zero-order valence-corrected chi connectivity index (χ0v) is 11.5. The monoisotopic (exact) mass is 267 g/mol. The molecule has 0 unspecified atom stereocenters. The molecule has 5 nitrogen and oxygen atoms in total. The van der Waals surface area contributed by atoms with Gasteiger partial charge in [0.2, 0.25) is 0 Å². The third-order valence-electron chi connectivity index (χ3n) is 3.84. The van der Waals surface area contributed by atoms with Crippen molar-refractivity contribution in [3.05, 3.63) is 42.0 Å². The second kappa shape index (κ2) is 4.10. The molecule has 102 valence electrons. The van der Waals surface area contributed by atoms with Gasteiger partial charge in [0.05, 0.1) is 23.8 Å². The SMILES string of the molecule is Cn1cc(Cn2c(C3CC3)nc3cc(N)ccc32)cn1. The number of anilines is 1. The molecule has 2 aromatic heterocycles. The van der Waals surface area contributed by atoms with Crippen LogP contribution < -0.4 is 5.73 Å². The molecule has 1 aromatic carbocycles. The Morgan fingerprint density at radius 2 is 2.20 bits per heavy atom. The molecule has 0 atom stereocenters. The van der Waals surface area contributed by atoms with Crippen molar-refractivity contribution >= 4 is 16.7 Å². The summed E-state index contributed by atoms with van der Waals surface area (Å²) < 4.78 is 4.15. The van der Waals surface area contributed by atoms with Gasteiger partial charge < -0.3 is 10.3 Å². The van der Waals surface area contributed by atoms with E-state index in [1.54, 1.807) is 0 Å². The molecular weight excluding hydrogens is 250 g/mol. The summed E-state index contributed by atoms with van der Waals surface area (Å²) in [6, 6.07) is 5.97. The molecule has 1 aliphatic carbocycles. The van der Waals surface area contributed by atoms with Gasteiger partial charge in [-0.3, -0.25) is 4.68 Å². The summed E-state index contributed by atoms with van der Waals surface area (Å²) in [6.45, 7) is 0.820. The van der Waals surface area contributed by atoms with Gasteiger partial charge >= 0.3 is 0 Å². The lowest BCUT2D eigenvalue weighted by Crippen LogP contribution is -2.03. The van der Waals surface area contributed by atoms with Crippen LogP contribution in [0.25, 0.3) is 11.0 Å². The van der Waals surface area contributed by atoms with Crippen molar-refractivity contribution in [2.24, 2.45) is 7.05 Å². The number of benzene rings is 1. The number of aromatic nitrogens is 4. The van der Waals surface area contributed by atoms with Gasteiger partial charge in [-0.2, -0.15) is 5.10 Å². The summed E-state index contributed by atoms with van der Waals surface area (Å²) in [6.07, 6.45) is 6.46. The van der Waals surface area contributed by atoms with E-state index in [0.717, 1.165) is 23.3 Å². The Labute approximate surface area is 117 Å². The summed E-state index contributed by atoms with van der Waals surface area (Å²) >= 11 is 0. The third-order valence-corrected chi connectivity index (χ3v) is 3.84. The minimum Gasteiger partial charge on any atom is -0.399 e. The Balaban J connectivity index is 1.84. The molecule has 20 heavy (non-hydrogen) atoms. The second-order valence-electron chi connectivity index (χ2n) is 5.60. The highest BCUT2D eigenvalue weighted by molar-refractivity contribution is 5.80. The molecule has 0 bridgehead atoms. The molecule has 4 rings (SSSR count). The van der Waals surface area contributed by atoms with Crippen LogP contribution in [0.1, 0.15) is 30.1 Å². The van der Waals surface area contributed by atoms with Crippen LogP contribution in [0.15, 0.2) is 30.6 Å². The second-order valence-corrected chi connectivity index (χ2v) is 5.60. The lowest BCUT2D eigenvalue weighted by atomic mass is 10.2. The van der Waals surface area contributed by atoms with Gasteiger partial charge in [-0.15, -0.1) is 0 Å². The fourth-order valence-electron chi connectivity index (χ4n) is 2.72. The van der Waals surface area contributed by atoms with E-state index < -0.39 is 0 Å². The Morgan fingerprint density at radius 1 is 1.35 bits per heavy atom. The summed E-state index contributed by atoms with van der Waals surface area (Å²) in [7, 11) is 1.94. The number of aryl methyl sites for hydroxylation is 1. The lowest BCUT2D eigenvalue weighted by molar-refractivity contribution is 0.741. The maximum Gasteiger partial charge on any atom is 0.113 e. The number of nitrogen functional groups attached to an aromatic ring is 1. The summed E-state index contributed by atoms with van der Waals surface area (Å²) in [5, 5.41) is 4.24. The van der Waals surface area contributed by atoms with E-state index in [1.165, 1.54) is 24.2 Å². The predicted molar refractivity (Wildman–Crippen MR) is 78.4 cm³/mol. The molecular formula is C15H17N5. The van der Waals surface area contributed by atoms with Gasteiger partial charge in [-0.1, -0.05) is 0 Å². The normalized spacial score (nSPS) is 15.1. The van der Waals surface area contributed by atoms with Crippen LogP contribution in [0.2, 0.25) is 0 Å². The van der Waals surface area contributed by atoms with Crippen LogP contribution in [0, 0.1) is 0 Å². The molecule has 0 radical (unpaired) electrons. The molecule has 0 amide bonds. The van der Waals surface area contributed by atoms with E-state index in [-0.39, 0.29) is 0 Å². The number of nitrogens with two attached hydrogens (primary N) is 1. The predicted octanol–water partition coefficient (Wildman–Crippen LogP) is 2.28. The van der Waals surface area contributed by atoms with Crippen molar-refractivity contribution in [1.29, 1.82) is 0 Å². The summed E-state index contributed by atoms with van der Waals surface area (Å²) in [5.41, 5.74) is 9.99. The van der Waals surface area contributed by atoms with Gasteiger partial charge in [-0.25, -0.2) is 4.98 Å². The van der Waals surface area contributed by atoms with Crippen LogP contribution >= 0.6 is 0 Å². The molecule has 1 aliphatic rings. The lowest BCUT2D eigenvalue weighted by Gasteiger charge is -2.07. The van der Waals surface area contributed by atoms with Crippen LogP contribution in [0.4, 0.5) is 5.69 Å². The van der Waals surface area contributed by atoms with E-state index in [1.807, 2.05) is 30.1 Å². The Kier molecular flexibility index (Phi) is 2.36. The van der Waals surface area contributed by atoms with Gasteiger partial charge in [0.1, 0.15) is 5.82 Å². The van der Waals surface area contributed by atoms with Gasteiger partial charge in [0.15, 0.2) is 0 Å². The van der Waals surface area contributed by atoms with Crippen molar-refractivity contribution in [3.8, 4) is 0 Å². The van der Waals surface area contributed by atoms with Gasteiger partial charge in [0.25, 0.3) is 0 Å².